The number of hydrogen-bond acceptors (Lipinski definition) is 3. The van der Waals surface area contributed by atoms with Crippen molar-refractivity contribution in [3.8, 4) is 0 Å². The summed E-state index contributed by atoms with van der Waals surface area (Å²) < 4.78 is 0. The van der Waals surface area contributed by atoms with Crippen LogP contribution in [0.4, 0.5) is 11.4 Å². The Morgan fingerprint density at radius 3 is 2.62 bits per heavy atom. The minimum atomic E-state index is -0.0463. The Kier molecular flexibility index (Phi) is 3.86. The van der Waals surface area contributed by atoms with E-state index < -0.39 is 0 Å². The van der Waals surface area contributed by atoms with Crippen molar-refractivity contribution in [2.45, 2.75) is 32.2 Å². The normalized spacial score (nSPS) is 13.8. The lowest BCUT2D eigenvalue weighted by Gasteiger charge is -2.09. The number of hydrogen-bond donors (Lipinski definition) is 2. The first-order valence-electron chi connectivity index (χ1n) is 7.36. The molecule has 1 saturated carbocycles. The number of amides is 1. The average Bonchev–Trinajstić information content (AvgIpc) is 3.32. The summed E-state index contributed by atoms with van der Waals surface area (Å²) in [5.41, 5.74) is 3.71. The van der Waals surface area contributed by atoms with Gasteiger partial charge in [0.05, 0.1) is 17.4 Å². The van der Waals surface area contributed by atoms with Crippen LogP contribution in [0, 0.1) is 0 Å². The molecule has 21 heavy (non-hydrogen) atoms. The molecule has 1 aromatic heterocycles. The summed E-state index contributed by atoms with van der Waals surface area (Å²) in [6, 6.07) is 10.5. The lowest BCUT2D eigenvalue weighted by Crippen LogP contribution is -2.25. The number of carbonyl (C=O) groups excluding carboxylic acids is 1. The Hall–Kier alpha value is -2.36. The van der Waals surface area contributed by atoms with Gasteiger partial charge in [0, 0.05) is 17.9 Å². The molecule has 2 N–H and O–H groups in total. The first-order valence-corrected chi connectivity index (χ1v) is 7.36. The Morgan fingerprint density at radius 2 is 1.95 bits per heavy atom. The molecule has 1 aromatic carbocycles. The Balaban J connectivity index is 1.70. The zero-order chi connectivity index (χ0) is 14.7. The van der Waals surface area contributed by atoms with E-state index in [1.165, 1.54) is 5.56 Å². The second kappa shape index (κ2) is 5.95. The van der Waals surface area contributed by atoms with Crippen LogP contribution in [0.1, 0.15) is 35.7 Å². The molecule has 0 radical (unpaired) electrons. The van der Waals surface area contributed by atoms with Gasteiger partial charge >= 0.3 is 0 Å². The molecule has 0 unspecified atom stereocenters. The molecule has 2 aromatic rings. The van der Waals surface area contributed by atoms with Crippen molar-refractivity contribution in [3.63, 3.8) is 0 Å². The standard InChI is InChI=1S/C17H19N3O/c1-2-12-3-5-14(6-4-12)19-16-9-13(10-18-11-16)17(21)20-15-7-8-15/h3-6,9-11,15,19H,2,7-8H2,1H3,(H,20,21). The number of anilines is 2. The second-order valence-corrected chi connectivity index (χ2v) is 5.39. The van der Waals surface area contributed by atoms with E-state index in [2.05, 4.69) is 34.7 Å². The van der Waals surface area contributed by atoms with E-state index in [4.69, 9.17) is 0 Å². The number of benzene rings is 1. The molecule has 1 heterocycles. The van der Waals surface area contributed by atoms with E-state index >= 15 is 0 Å². The van der Waals surface area contributed by atoms with Gasteiger partial charge in [-0.3, -0.25) is 9.78 Å². The van der Waals surface area contributed by atoms with Crippen molar-refractivity contribution in [2.24, 2.45) is 0 Å². The highest BCUT2D eigenvalue weighted by molar-refractivity contribution is 5.95. The Morgan fingerprint density at radius 1 is 1.19 bits per heavy atom. The molecule has 1 fully saturated rings. The van der Waals surface area contributed by atoms with Crippen molar-refractivity contribution >= 4 is 17.3 Å². The SMILES string of the molecule is CCc1ccc(Nc2cncc(C(=O)NC3CC3)c2)cc1. The predicted octanol–water partition coefficient (Wildman–Crippen LogP) is 3.28. The van der Waals surface area contributed by atoms with Crippen molar-refractivity contribution in [2.75, 3.05) is 5.32 Å². The van der Waals surface area contributed by atoms with Crippen LogP contribution in [0.5, 0.6) is 0 Å². The van der Waals surface area contributed by atoms with Gasteiger partial charge in [-0.05, 0) is 43.0 Å². The predicted molar refractivity (Wildman–Crippen MR) is 83.8 cm³/mol. The fourth-order valence-electron chi connectivity index (χ4n) is 2.12. The molecule has 0 saturated heterocycles. The third kappa shape index (κ3) is 3.60. The lowest BCUT2D eigenvalue weighted by atomic mass is 10.1. The molecule has 3 rings (SSSR count). The number of aryl methyl sites for hydroxylation is 1. The average molecular weight is 281 g/mol. The quantitative estimate of drug-likeness (QED) is 0.884. The highest BCUT2D eigenvalue weighted by Gasteiger charge is 2.23. The molecule has 0 aliphatic heterocycles. The number of pyridine rings is 1. The van der Waals surface area contributed by atoms with Gasteiger partial charge in [0.15, 0.2) is 0 Å². The molecule has 4 heteroatoms. The maximum absolute atomic E-state index is 12.0. The van der Waals surface area contributed by atoms with E-state index in [1.54, 1.807) is 12.4 Å². The van der Waals surface area contributed by atoms with Gasteiger partial charge in [-0.15, -0.1) is 0 Å². The molecule has 1 amide bonds. The van der Waals surface area contributed by atoms with Crippen LogP contribution in [0.25, 0.3) is 0 Å². The largest absolute Gasteiger partial charge is 0.354 e. The van der Waals surface area contributed by atoms with E-state index in [-0.39, 0.29) is 5.91 Å². The highest BCUT2D eigenvalue weighted by atomic mass is 16.1. The van der Waals surface area contributed by atoms with E-state index in [9.17, 15) is 4.79 Å². The Labute approximate surface area is 124 Å². The van der Waals surface area contributed by atoms with Gasteiger partial charge in [-0.2, -0.15) is 0 Å². The summed E-state index contributed by atoms with van der Waals surface area (Å²) in [7, 11) is 0. The maximum Gasteiger partial charge on any atom is 0.253 e. The molecular weight excluding hydrogens is 262 g/mol. The van der Waals surface area contributed by atoms with Crippen LogP contribution in [-0.2, 0) is 6.42 Å². The monoisotopic (exact) mass is 281 g/mol. The van der Waals surface area contributed by atoms with Crippen molar-refractivity contribution in [3.05, 3.63) is 53.9 Å². The first kappa shape index (κ1) is 13.6. The number of aromatic nitrogens is 1. The topological polar surface area (TPSA) is 54.0 Å². The summed E-state index contributed by atoms with van der Waals surface area (Å²) in [5.74, 6) is -0.0463. The molecule has 0 bridgehead atoms. The molecule has 4 nitrogen and oxygen atoms in total. The second-order valence-electron chi connectivity index (χ2n) is 5.39. The number of rotatable bonds is 5. The zero-order valence-electron chi connectivity index (χ0n) is 12.1. The van der Waals surface area contributed by atoms with Gasteiger partial charge in [0.1, 0.15) is 0 Å². The zero-order valence-corrected chi connectivity index (χ0v) is 12.1. The lowest BCUT2D eigenvalue weighted by molar-refractivity contribution is 0.0951. The van der Waals surface area contributed by atoms with Gasteiger partial charge in [-0.1, -0.05) is 19.1 Å². The van der Waals surface area contributed by atoms with E-state index in [0.717, 1.165) is 30.6 Å². The number of carbonyl (C=O) groups is 1. The molecule has 0 spiro atoms. The van der Waals surface area contributed by atoms with E-state index in [1.807, 2.05) is 18.2 Å². The minimum absolute atomic E-state index is 0.0463. The van der Waals surface area contributed by atoms with Crippen LogP contribution in [0.3, 0.4) is 0 Å². The third-order valence-electron chi connectivity index (χ3n) is 3.56. The van der Waals surface area contributed by atoms with Crippen molar-refractivity contribution < 1.29 is 4.79 Å². The van der Waals surface area contributed by atoms with Crippen LogP contribution in [0.2, 0.25) is 0 Å². The molecule has 108 valence electrons. The van der Waals surface area contributed by atoms with Crippen LogP contribution in [-0.4, -0.2) is 16.9 Å². The van der Waals surface area contributed by atoms with Gasteiger partial charge in [0.2, 0.25) is 0 Å². The number of nitrogens with one attached hydrogen (secondary N) is 2. The van der Waals surface area contributed by atoms with E-state index in [0.29, 0.717) is 11.6 Å². The summed E-state index contributed by atoms with van der Waals surface area (Å²) in [6.45, 7) is 2.13. The smallest absolute Gasteiger partial charge is 0.253 e. The van der Waals surface area contributed by atoms with Gasteiger partial charge in [0.25, 0.3) is 5.91 Å². The van der Waals surface area contributed by atoms with Crippen molar-refractivity contribution in [1.29, 1.82) is 0 Å². The maximum atomic E-state index is 12.0. The third-order valence-corrected chi connectivity index (χ3v) is 3.56. The van der Waals surface area contributed by atoms with Crippen LogP contribution in [0.15, 0.2) is 42.7 Å². The minimum Gasteiger partial charge on any atom is -0.354 e. The summed E-state index contributed by atoms with van der Waals surface area (Å²) >= 11 is 0. The fraction of sp³-hybridized carbons (Fsp3) is 0.294. The molecule has 0 atom stereocenters. The van der Waals surface area contributed by atoms with Gasteiger partial charge in [-0.25, -0.2) is 0 Å². The van der Waals surface area contributed by atoms with Crippen LogP contribution < -0.4 is 10.6 Å². The molecular formula is C17H19N3O. The molecule has 1 aliphatic carbocycles. The Bertz CT molecular complexity index is 633. The fourth-order valence-corrected chi connectivity index (χ4v) is 2.12. The summed E-state index contributed by atoms with van der Waals surface area (Å²) in [5, 5.41) is 6.25. The molecule has 1 aliphatic rings. The van der Waals surface area contributed by atoms with Crippen molar-refractivity contribution in [1.82, 2.24) is 10.3 Å². The number of nitrogens with zero attached hydrogens (tertiary/aromatic N) is 1. The first-order chi connectivity index (χ1) is 10.2. The van der Waals surface area contributed by atoms with Gasteiger partial charge < -0.3 is 10.6 Å². The van der Waals surface area contributed by atoms with Crippen LogP contribution >= 0.6 is 0 Å². The summed E-state index contributed by atoms with van der Waals surface area (Å²) in [4.78, 5) is 16.1. The highest BCUT2D eigenvalue weighted by Crippen LogP contribution is 2.21. The summed E-state index contributed by atoms with van der Waals surface area (Å²) in [6.07, 6.45) is 6.52.